The van der Waals surface area contributed by atoms with E-state index in [0.717, 1.165) is 16.0 Å². The molecule has 4 heteroatoms. The number of nitrogen functional groups attached to an aromatic ring is 1. The summed E-state index contributed by atoms with van der Waals surface area (Å²) < 4.78 is 25.5. The van der Waals surface area contributed by atoms with Gasteiger partial charge >= 0.3 is 0 Å². The predicted octanol–water partition coefficient (Wildman–Crippen LogP) is 3.33. The zero-order valence-corrected chi connectivity index (χ0v) is 11.8. The molecule has 1 atom stereocenters. The van der Waals surface area contributed by atoms with Crippen LogP contribution in [0.1, 0.15) is 16.7 Å². The van der Waals surface area contributed by atoms with E-state index >= 15 is 0 Å². The Morgan fingerprint density at radius 3 is 2.58 bits per heavy atom. The van der Waals surface area contributed by atoms with Crippen LogP contribution in [0.15, 0.2) is 41.3 Å². The first-order valence-electron chi connectivity index (χ1n) is 5.97. The van der Waals surface area contributed by atoms with Crippen molar-refractivity contribution in [1.82, 2.24) is 0 Å². The number of anilines is 1. The van der Waals surface area contributed by atoms with Gasteiger partial charge in [0, 0.05) is 10.6 Å². The smallest absolute Gasteiger partial charge is 0.123 e. The normalized spacial score (nSPS) is 12.4. The lowest BCUT2D eigenvalue weighted by Gasteiger charge is -2.09. The molecule has 100 valence electrons. The Labute approximate surface area is 114 Å². The molecule has 0 aliphatic carbocycles. The lowest BCUT2D eigenvalue weighted by molar-refractivity contribution is 0.626. The topological polar surface area (TPSA) is 43.1 Å². The zero-order valence-electron chi connectivity index (χ0n) is 10.9. The van der Waals surface area contributed by atoms with Gasteiger partial charge in [-0.15, -0.1) is 0 Å². The Morgan fingerprint density at radius 1 is 1.16 bits per heavy atom. The van der Waals surface area contributed by atoms with Crippen LogP contribution in [-0.4, -0.2) is 4.21 Å². The second-order valence-electron chi connectivity index (χ2n) is 4.60. The largest absolute Gasteiger partial charge is 0.398 e. The molecule has 0 saturated carbocycles. The van der Waals surface area contributed by atoms with Gasteiger partial charge in [-0.3, -0.25) is 4.21 Å². The summed E-state index contributed by atoms with van der Waals surface area (Å²) in [6.07, 6.45) is 0. The molecule has 0 spiro atoms. The predicted molar refractivity (Wildman–Crippen MR) is 76.8 cm³/mol. The van der Waals surface area contributed by atoms with E-state index < -0.39 is 10.8 Å². The van der Waals surface area contributed by atoms with Crippen LogP contribution in [0, 0.1) is 19.7 Å². The van der Waals surface area contributed by atoms with Crippen LogP contribution < -0.4 is 5.73 Å². The van der Waals surface area contributed by atoms with Crippen LogP contribution in [0.2, 0.25) is 0 Å². The molecular weight excluding hydrogens is 261 g/mol. The van der Waals surface area contributed by atoms with Gasteiger partial charge in [0.05, 0.1) is 16.6 Å². The minimum Gasteiger partial charge on any atom is -0.398 e. The monoisotopic (exact) mass is 277 g/mol. The fourth-order valence-corrected chi connectivity index (χ4v) is 3.30. The molecule has 0 aliphatic heterocycles. The number of benzene rings is 2. The van der Waals surface area contributed by atoms with Crippen molar-refractivity contribution in [2.45, 2.75) is 24.5 Å². The van der Waals surface area contributed by atoms with Crippen molar-refractivity contribution in [3.05, 3.63) is 58.9 Å². The van der Waals surface area contributed by atoms with Crippen LogP contribution >= 0.6 is 0 Å². The fraction of sp³-hybridized carbons (Fsp3) is 0.200. The highest BCUT2D eigenvalue weighted by Crippen LogP contribution is 2.21. The molecule has 2 rings (SSSR count). The van der Waals surface area contributed by atoms with Gasteiger partial charge in [0.25, 0.3) is 0 Å². The molecule has 2 N–H and O–H groups in total. The summed E-state index contributed by atoms with van der Waals surface area (Å²) in [6, 6.07) is 9.92. The van der Waals surface area contributed by atoms with E-state index in [-0.39, 0.29) is 11.6 Å². The molecule has 0 amide bonds. The van der Waals surface area contributed by atoms with Gasteiger partial charge in [0.2, 0.25) is 0 Å². The van der Waals surface area contributed by atoms with E-state index in [1.165, 1.54) is 18.2 Å². The maximum absolute atomic E-state index is 13.2. The van der Waals surface area contributed by atoms with Crippen LogP contribution in [0.25, 0.3) is 0 Å². The van der Waals surface area contributed by atoms with E-state index in [9.17, 15) is 8.60 Å². The highest BCUT2D eigenvalue weighted by molar-refractivity contribution is 7.84. The molecule has 0 radical (unpaired) electrons. The average molecular weight is 277 g/mol. The molecule has 0 heterocycles. The quantitative estimate of drug-likeness (QED) is 0.874. The third-order valence-corrected chi connectivity index (χ3v) is 4.49. The van der Waals surface area contributed by atoms with E-state index in [1.807, 2.05) is 32.0 Å². The molecule has 2 nitrogen and oxygen atoms in total. The zero-order chi connectivity index (χ0) is 14.0. The lowest BCUT2D eigenvalue weighted by atomic mass is 10.2. The number of rotatable bonds is 3. The molecule has 1 unspecified atom stereocenters. The van der Waals surface area contributed by atoms with Crippen molar-refractivity contribution in [1.29, 1.82) is 0 Å². The molecule has 2 aromatic rings. The highest BCUT2D eigenvalue weighted by Gasteiger charge is 2.11. The Bertz CT molecular complexity index is 640. The Hall–Kier alpha value is -1.68. The first-order chi connectivity index (χ1) is 8.97. The number of halogens is 1. The van der Waals surface area contributed by atoms with Crippen molar-refractivity contribution < 1.29 is 8.60 Å². The summed E-state index contributed by atoms with van der Waals surface area (Å²) >= 11 is 0. The van der Waals surface area contributed by atoms with E-state index in [1.54, 1.807) is 0 Å². The first kappa shape index (κ1) is 13.7. The maximum Gasteiger partial charge on any atom is 0.123 e. The van der Waals surface area contributed by atoms with E-state index in [4.69, 9.17) is 5.73 Å². The van der Waals surface area contributed by atoms with Gasteiger partial charge in [-0.05, 0) is 49.2 Å². The van der Waals surface area contributed by atoms with Crippen molar-refractivity contribution in [3.8, 4) is 0 Å². The third kappa shape index (κ3) is 3.20. The lowest BCUT2D eigenvalue weighted by Crippen LogP contribution is -2.02. The van der Waals surface area contributed by atoms with Gasteiger partial charge in [-0.2, -0.15) is 0 Å². The number of nitrogens with two attached hydrogens (primary N) is 1. The van der Waals surface area contributed by atoms with Crippen LogP contribution in [-0.2, 0) is 16.6 Å². The summed E-state index contributed by atoms with van der Waals surface area (Å²) in [5, 5.41) is 0. The molecule has 0 fully saturated rings. The van der Waals surface area contributed by atoms with Crippen molar-refractivity contribution >= 4 is 16.5 Å². The minimum atomic E-state index is -1.22. The maximum atomic E-state index is 13.2. The molecule has 0 bridgehead atoms. The standard InChI is InChI=1S/C15H16FNOS/c1-10-3-6-15(11(2)7-10)19(18)9-12-8-13(16)4-5-14(12)17/h3-8H,9,17H2,1-2H3. The van der Waals surface area contributed by atoms with Gasteiger partial charge in [-0.1, -0.05) is 17.7 Å². The molecular formula is C15H16FNOS. The summed E-state index contributed by atoms with van der Waals surface area (Å²) in [4.78, 5) is 0.772. The summed E-state index contributed by atoms with van der Waals surface area (Å²) in [6.45, 7) is 3.92. The SMILES string of the molecule is Cc1ccc(S(=O)Cc2cc(F)ccc2N)c(C)c1. The number of aryl methyl sites for hydroxylation is 2. The van der Waals surface area contributed by atoms with Crippen LogP contribution in [0.5, 0.6) is 0 Å². The Morgan fingerprint density at radius 2 is 1.89 bits per heavy atom. The van der Waals surface area contributed by atoms with Gasteiger partial charge < -0.3 is 5.73 Å². The van der Waals surface area contributed by atoms with Gasteiger partial charge in [0.1, 0.15) is 5.82 Å². The molecule has 2 aromatic carbocycles. The minimum absolute atomic E-state index is 0.230. The van der Waals surface area contributed by atoms with Gasteiger partial charge in [0.15, 0.2) is 0 Å². The van der Waals surface area contributed by atoms with E-state index in [0.29, 0.717) is 11.3 Å². The second kappa shape index (κ2) is 5.53. The molecule has 0 aromatic heterocycles. The Balaban J connectivity index is 2.28. The number of hydrogen-bond donors (Lipinski definition) is 1. The third-order valence-electron chi connectivity index (χ3n) is 2.97. The summed E-state index contributed by atoms with van der Waals surface area (Å²) in [5.41, 5.74) is 8.94. The highest BCUT2D eigenvalue weighted by atomic mass is 32.2. The Kier molecular flexibility index (Phi) is 4.00. The molecule has 19 heavy (non-hydrogen) atoms. The van der Waals surface area contributed by atoms with Crippen molar-refractivity contribution in [2.75, 3.05) is 5.73 Å². The summed E-state index contributed by atoms with van der Waals surface area (Å²) in [5.74, 6) is -0.130. The van der Waals surface area contributed by atoms with Crippen molar-refractivity contribution in [2.24, 2.45) is 0 Å². The average Bonchev–Trinajstić information content (AvgIpc) is 2.33. The fourth-order valence-electron chi connectivity index (χ4n) is 1.97. The first-order valence-corrected chi connectivity index (χ1v) is 7.29. The molecule has 0 saturated heterocycles. The van der Waals surface area contributed by atoms with Gasteiger partial charge in [-0.25, -0.2) is 4.39 Å². The number of hydrogen-bond acceptors (Lipinski definition) is 2. The molecule has 0 aliphatic rings. The van der Waals surface area contributed by atoms with Crippen LogP contribution in [0.3, 0.4) is 0 Å². The van der Waals surface area contributed by atoms with E-state index in [2.05, 4.69) is 0 Å². The second-order valence-corrected chi connectivity index (χ2v) is 6.02. The van der Waals surface area contributed by atoms with Crippen molar-refractivity contribution in [3.63, 3.8) is 0 Å². The van der Waals surface area contributed by atoms with Crippen LogP contribution in [0.4, 0.5) is 10.1 Å². The summed E-state index contributed by atoms with van der Waals surface area (Å²) in [7, 11) is -1.22.